The monoisotopic (exact) mass is 700 g/mol. The van der Waals surface area contributed by atoms with Crippen LogP contribution in [0.25, 0.3) is 10.9 Å². The van der Waals surface area contributed by atoms with Gasteiger partial charge in [0.15, 0.2) is 0 Å². The van der Waals surface area contributed by atoms with Crippen molar-refractivity contribution in [2.45, 2.75) is 77.4 Å². The van der Waals surface area contributed by atoms with Gasteiger partial charge >= 0.3 is 6.09 Å². The van der Waals surface area contributed by atoms with Crippen molar-refractivity contribution in [2.24, 2.45) is 0 Å². The van der Waals surface area contributed by atoms with Crippen molar-refractivity contribution < 1.29 is 33.2 Å². The van der Waals surface area contributed by atoms with Gasteiger partial charge in [0.2, 0.25) is 0 Å². The van der Waals surface area contributed by atoms with Gasteiger partial charge in [0, 0.05) is 50.8 Å². The lowest BCUT2D eigenvalue weighted by Gasteiger charge is -2.39. The van der Waals surface area contributed by atoms with Crippen LogP contribution >= 0.6 is 0 Å². The number of benzene rings is 3. The first-order valence-corrected chi connectivity index (χ1v) is 17.8. The zero-order chi connectivity index (χ0) is 36.2. The molecule has 1 aliphatic heterocycles. The van der Waals surface area contributed by atoms with Gasteiger partial charge in [-0.1, -0.05) is 42.5 Å². The standard InChI is InChI=1S/C41H52N2O8/c1-41(2,3)51-40(45)42-22-20-35(31-14-17-34(18-15-31)49-25-9-24-48-29-33-10-6-7-11-37(33)47-5)38(27-42)50-28-30-12-13-32-16-19-39(44)43(36(32)26-30)21-8-23-46-4/h6-7,10-19,26,35,38H,8-9,20-25,27-29H2,1-5H3. The van der Waals surface area contributed by atoms with Gasteiger partial charge in [0.1, 0.15) is 17.1 Å². The van der Waals surface area contributed by atoms with Crippen LogP contribution in [0.5, 0.6) is 11.5 Å². The molecule has 4 aromatic rings. The summed E-state index contributed by atoms with van der Waals surface area (Å²) in [4.78, 5) is 27.6. The number of aromatic nitrogens is 1. The molecule has 0 radical (unpaired) electrons. The van der Waals surface area contributed by atoms with Crippen LogP contribution in [0.3, 0.4) is 0 Å². The molecule has 2 unspecified atom stereocenters. The smallest absolute Gasteiger partial charge is 0.410 e. The molecule has 1 aromatic heterocycles. The maximum absolute atomic E-state index is 13.1. The van der Waals surface area contributed by atoms with Gasteiger partial charge in [0.05, 0.1) is 51.7 Å². The van der Waals surface area contributed by atoms with E-state index in [-0.39, 0.29) is 23.7 Å². The number of para-hydroxylation sites is 1. The Bertz CT molecular complexity index is 1760. The number of piperidine rings is 1. The number of ether oxygens (including phenoxy) is 6. The molecule has 0 saturated carbocycles. The number of hydrogen-bond donors (Lipinski definition) is 0. The van der Waals surface area contributed by atoms with Gasteiger partial charge in [-0.15, -0.1) is 0 Å². The second-order valence-corrected chi connectivity index (χ2v) is 13.9. The van der Waals surface area contributed by atoms with E-state index in [1.54, 1.807) is 29.8 Å². The fourth-order valence-electron chi connectivity index (χ4n) is 6.35. The van der Waals surface area contributed by atoms with E-state index < -0.39 is 5.60 Å². The van der Waals surface area contributed by atoms with Crippen molar-refractivity contribution >= 4 is 17.0 Å². The largest absolute Gasteiger partial charge is 0.496 e. The molecule has 274 valence electrons. The van der Waals surface area contributed by atoms with Crippen molar-refractivity contribution in [3.8, 4) is 11.5 Å². The Balaban J connectivity index is 1.22. The Labute approximate surface area is 301 Å². The normalized spacial score (nSPS) is 16.3. The van der Waals surface area contributed by atoms with Gasteiger partial charge in [-0.2, -0.15) is 0 Å². The highest BCUT2D eigenvalue weighted by Gasteiger charge is 2.35. The number of likely N-dealkylation sites (tertiary alicyclic amines) is 1. The summed E-state index contributed by atoms with van der Waals surface area (Å²) in [6.45, 7) is 9.69. The summed E-state index contributed by atoms with van der Waals surface area (Å²) in [5.74, 6) is 1.68. The quantitative estimate of drug-likeness (QED) is 0.112. The summed E-state index contributed by atoms with van der Waals surface area (Å²) in [5.41, 5.74) is 3.34. The minimum atomic E-state index is -0.591. The molecule has 2 atom stereocenters. The topological polar surface area (TPSA) is 97.7 Å². The predicted molar refractivity (Wildman–Crippen MR) is 198 cm³/mol. The van der Waals surface area contributed by atoms with E-state index in [1.807, 2.05) is 81.4 Å². The third kappa shape index (κ3) is 10.8. The Morgan fingerprint density at radius 2 is 1.67 bits per heavy atom. The molecule has 2 heterocycles. The number of methoxy groups -OCH3 is 2. The average molecular weight is 701 g/mol. The van der Waals surface area contributed by atoms with Crippen molar-refractivity contribution in [1.82, 2.24) is 9.47 Å². The number of fused-ring (bicyclic) bond motifs is 1. The van der Waals surface area contributed by atoms with Gasteiger partial charge in [-0.3, -0.25) is 4.79 Å². The van der Waals surface area contributed by atoms with Crippen molar-refractivity contribution in [3.05, 3.63) is 106 Å². The molecule has 1 saturated heterocycles. The summed E-state index contributed by atoms with van der Waals surface area (Å²) < 4.78 is 36.6. The van der Waals surface area contributed by atoms with Crippen molar-refractivity contribution in [2.75, 3.05) is 47.1 Å². The number of nitrogens with zero attached hydrogens (tertiary/aromatic N) is 2. The number of carbonyl (C=O) groups is 1. The molecule has 1 amide bonds. The molecule has 0 aliphatic carbocycles. The van der Waals surface area contributed by atoms with E-state index in [2.05, 4.69) is 12.1 Å². The first-order chi connectivity index (χ1) is 24.6. The number of hydrogen-bond acceptors (Lipinski definition) is 8. The molecular formula is C41H52N2O8. The van der Waals surface area contributed by atoms with Crippen LogP contribution < -0.4 is 15.0 Å². The van der Waals surface area contributed by atoms with Crippen molar-refractivity contribution in [1.29, 1.82) is 0 Å². The highest BCUT2D eigenvalue weighted by molar-refractivity contribution is 5.79. The highest BCUT2D eigenvalue weighted by atomic mass is 16.6. The van der Waals surface area contributed by atoms with E-state index in [4.69, 9.17) is 28.4 Å². The van der Waals surface area contributed by atoms with Crippen LogP contribution in [-0.2, 0) is 38.7 Å². The molecule has 5 rings (SSSR count). The second-order valence-electron chi connectivity index (χ2n) is 13.9. The van der Waals surface area contributed by atoms with E-state index in [9.17, 15) is 9.59 Å². The minimum Gasteiger partial charge on any atom is -0.496 e. The maximum Gasteiger partial charge on any atom is 0.410 e. The molecule has 10 nitrogen and oxygen atoms in total. The summed E-state index contributed by atoms with van der Waals surface area (Å²) in [6.07, 6.45) is 1.62. The number of amides is 1. The molecule has 1 aliphatic rings. The molecular weight excluding hydrogens is 648 g/mol. The Morgan fingerprint density at radius 3 is 2.43 bits per heavy atom. The zero-order valence-electron chi connectivity index (χ0n) is 30.6. The van der Waals surface area contributed by atoms with Crippen molar-refractivity contribution in [3.63, 3.8) is 0 Å². The lowest BCUT2D eigenvalue weighted by atomic mass is 9.87. The van der Waals surface area contributed by atoms with Crippen LogP contribution in [0, 0.1) is 0 Å². The van der Waals surface area contributed by atoms with Crippen LogP contribution in [0.4, 0.5) is 4.79 Å². The average Bonchev–Trinajstić information content (AvgIpc) is 3.12. The third-order valence-electron chi connectivity index (χ3n) is 8.92. The molecule has 0 spiro atoms. The van der Waals surface area contributed by atoms with E-state index in [1.165, 1.54) is 0 Å². The van der Waals surface area contributed by atoms with Crippen LogP contribution in [0.1, 0.15) is 62.6 Å². The van der Waals surface area contributed by atoms with E-state index >= 15 is 0 Å². The van der Waals surface area contributed by atoms with Crippen LogP contribution in [0.2, 0.25) is 0 Å². The van der Waals surface area contributed by atoms with E-state index in [0.29, 0.717) is 52.7 Å². The molecule has 3 aromatic carbocycles. The number of pyridine rings is 1. The zero-order valence-corrected chi connectivity index (χ0v) is 30.6. The molecule has 10 heteroatoms. The third-order valence-corrected chi connectivity index (χ3v) is 8.92. The van der Waals surface area contributed by atoms with Gasteiger partial charge in [-0.25, -0.2) is 4.79 Å². The lowest BCUT2D eigenvalue weighted by molar-refractivity contribution is -0.0359. The summed E-state index contributed by atoms with van der Waals surface area (Å²) in [7, 11) is 3.33. The maximum atomic E-state index is 13.1. The second kappa shape index (κ2) is 18.2. The number of carbonyl (C=O) groups excluding carboxylic acids is 1. The van der Waals surface area contributed by atoms with Gasteiger partial charge in [0.25, 0.3) is 5.56 Å². The first kappa shape index (κ1) is 37.9. The molecule has 1 fully saturated rings. The Morgan fingerprint density at radius 1 is 0.882 bits per heavy atom. The molecule has 51 heavy (non-hydrogen) atoms. The van der Waals surface area contributed by atoms with Gasteiger partial charge in [-0.05, 0) is 80.5 Å². The summed E-state index contributed by atoms with van der Waals surface area (Å²) in [6, 6.07) is 25.6. The van der Waals surface area contributed by atoms with Crippen LogP contribution in [0.15, 0.2) is 83.7 Å². The SMILES string of the molecule is COCCCn1c(=O)ccc2ccc(COC3CN(C(=O)OC(C)(C)C)CCC3c3ccc(OCCCOCc4ccccc4OC)cc3)cc21. The fraction of sp³-hybridized carbons (Fsp3) is 0.463. The Kier molecular flexibility index (Phi) is 13.5. The van der Waals surface area contributed by atoms with Gasteiger partial charge < -0.3 is 37.9 Å². The number of rotatable bonds is 16. The fourth-order valence-corrected chi connectivity index (χ4v) is 6.35. The Hall–Kier alpha value is -4.38. The highest BCUT2D eigenvalue weighted by Crippen LogP contribution is 2.33. The lowest BCUT2D eigenvalue weighted by Crippen LogP contribution is -2.48. The predicted octanol–water partition coefficient (Wildman–Crippen LogP) is 7.34. The van der Waals surface area contributed by atoms with Crippen LogP contribution in [-0.4, -0.2) is 74.4 Å². The van der Waals surface area contributed by atoms with E-state index in [0.717, 1.165) is 58.4 Å². The molecule has 0 N–H and O–H groups in total. The first-order valence-electron chi connectivity index (χ1n) is 17.8. The summed E-state index contributed by atoms with van der Waals surface area (Å²) in [5, 5.41) is 0.991. The number of aryl methyl sites for hydroxylation is 1. The summed E-state index contributed by atoms with van der Waals surface area (Å²) >= 11 is 0. The molecule has 0 bridgehead atoms. The minimum absolute atomic E-state index is 0.0399.